The van der Waals surface area contributed by atoms with Gasteiger partial charge in [-0.15, -0.1) is 10.2 Å². The summed E-state index contributed by atoms with van der Waals surface area (Å²) in [5, 5.41) is 14.5. The van der Waals surface area contributed by atoms with Crippen LogP contribution in [0.15, 0.2) is 54.9 Å². The van der Waals surface area contributed by atoms with Crippen molar-refractivity contribution in [2.24, 2.45) is 0 Å². The Morgan fingerprint density at radius 2 is 1.69 bits per heavy atom. The van der Waals surface area contributed by atoms with E-state index in [0.717, 1.165) is 22.5 Å². The number of H-pyrrole nitrogens is 1. The maximum atomic E-state index is 4.73. The van der Waals surface area contributed by atoms with Crippen LogP contribution in [0, 0.1) is 13.8 Å². The van der Waals surface area contributed by atoms with E-state index in [9.17, 15) is 0 Å². The fourth-order valence-electron chi connectivity index (χ4n) is 3.33. The third-order valence-corrected chi connectivity index (χ3v) is 4.49. The van der Waals surface area contributed by atoms with Crippen molar-refractivity contribution >= 4 is 0 Å². The number of tetrazole rings is 1. The molecule has 0 bridgehead atoms. The van der Waals surface area contributed by atoms with Crippen molar-refractivity contribution in [1.82, 2.24) is 30.2 Å². The summed E-state index contributed by atoms with van der Waals surface area (Å²) in [7, 11) is 0. The van der Waals surface area contributed by atoms with Gasteiger partial charge in [0.2, 0.25) is 0 Å². The molecule has 0 aliphatic rings. The van der Waals surface area contributed by atoms with Gasteiger partial charge < -0.3 is 4.57 Å². The Balaban J connectivity index is 1.94. The molecule has 1 N–H and O–H groups in total. The van der Waals surface area contributed by atoms with Crippen LogP contribution in [0.1, 0.15) is 29.9 Å². The molecule has 0 spiro atoms. The smallest absolute Gasteiger partial charge is 0.197 e. The Bertz CT molecular complexity index is 998. The minimum absolute atomic E-state index is 0.0884. The van der Waals surface area contributed by atoms with Crippen molar-refractivity contribution in [2.45, 2.75) is 26.8 Å². The van der Waals surface area contributed by atoms with Crippen LogP contribution in [0.3, 0.4) is 0 Å². The Labute approximate surface area is 151 Å². The van der Waals surface area contributed by atoms with E-state index in [0.29, 0.717) is 5.82 Å². The van der Waals surface area contributed by atoms with Gasteiger partial charge in [0, 0.05) is 11.1 Å². The molecule has 130 valence electrons. The number of hydrogen-bond acceptors (Lipinski definition) is 4. The average Bonchev–Trinajstić information content (AvgIpc) is 3.31. The molecule has 0 radical (unpaired) electrons. The summed E-state index contributed by atoms with van der Waals surface area (Å²) in [6.45, 7) is 6.28. The first-order chi connectivity index (χ1) is 12.6. The summed E-state index contributed by atoms with van der Waals surface area (Å²) in [5.41, 5.74) is 6.67. The maximum absolute atomic E-state index is 4.73. The molecule has 4 rings (SSSR count). The maximum Gasteiger partial charge on any atom is 0.197 e. The van der Waals surface area contributed by atoms with Crippen molar-refractivity contribution in [1.29, 1.82) is 0 Å². The van der Waals surface area contributed by atoms with Crippen LogP contribution in [0.5, 0.6) is 0 Å². The monoisotopic (exact) mass is 344 g/mol. The molecule has 4 aromatic rings. The van der Waals surface area contributed by atoms with Crippen LogP contribution < -0.4 is 0 Å². The highest BCUT2D eigenvalue weighted by Crippen LogP contribution is 2.35. The minimum Gasteiger partial charge on any atom is -0.319 e. The number of nitrogens with one attached hydrogen (secondary N) is 1. The van der Waals surface area contributed by atoms with Crippen molar-refractivity contribution in [3.8, 4) is 22.5 Å². The van der Waals surface area contributed by atoms with Crippen LogP contribution in [0.4, 0.5) is 0 Å². The van der Waals surface area contributed by atoms with Crippen molar-refractivity contribution < 1.29 is 0 Å². The zero-order valence-corrected chi connectivity index (χ0v) is 15.0. The molecule has 0 saturated carbocycles. The molecule has 6 heteroatoms. The second kappa shape index (κ2) is 6.55. The number of imidazole rings is 1. The Morgan fingerprint density at radius 1 is 0.962 bits per heavy atom. The average molecular weight is 344 g/mol. The largest absolute Gasteiger partial charge is 0.319 e. The summed E-state index contributed by atoms with van der Waals surface area (Å²) >= 11 is 0. The van der Waals surface area contributed by atoms with Crippen LogP contribution in [0.2, 0.25) is 0 Å². The number of aromatic nitrogens is 6. The van der Waals surface area contributed by atoms with E-state index >= 15 is 0 Å². The number of aromatic amines is 1. The quantitative estimate of drug-likeness (QED) is 0.608. The van der Waals surface area contributed by atoms with Gasteiger partial charge in [0.05, 0.1) is 23.8 Å². The first-order valence-electron chi connectivity index (χ1n) is 8.57. The van der Waals surface area contributed by atoms with Crippen LogP contribution in [-0.4, -0.2) is 30.2 Å². The molecule has 0 fully saturated rings. The third-order valence-electron chi connectivity index (χ3n) is 4.49. The van der Waals surface area contributed by atoms with Gasteiger partial charge in [0.25, 0.3) is 0 Å². The van der Waals surface area contributed by atoms with E-state index in [2.05, 4.69) is 69.4 Å². The molecule has 2 aromatic carbocycles. The van der Waals surface area contributed by atoms with E-state index < -0.39 is 0 Å². The summed E-state index contributed by atoms with van der Waals surface area (Å²) in [4.78, 5) is 4.73. The molecule has 0 aliphatic carbocycles. The molecule has 2 aromatic heterocycles. The van der Waals surface area contributed by atoms with E-state index in [1.165, 1.54) is 11.1 Å². The number of benzene rings is 2. The van der Waals surface area contributed by atoms with Crippen LogP contribution in [0.25, 0.3) is 22.5 Å². The fraction of sp³-hybridized carbons (Fsp3) is 0.200. The van der Waals surface area contributed by atoms with Gasteiger partial charge in [-0.05, 0) is 32.9 Å². The van der Waals surface area contributed by atoms with E-state index in [1.807, 2.05) is 31.5 Å². The molecule has 0 amide bonds. The molecule has 1 atom stereocenters. The minimum atomic E-state index is -0.0884. The zero-order chi connectivity index (χ0) is 18.1. The molecule has 6 nitrogen and oxygen atoms in total. The predicted molar refractivity (Wildman–Crippen MR) is 101 cm³/mol. The van der Waals surface area contributed by atoms with Crippen LogP contribution >= 0.6 is 0 Å². The Kier molecular flexibility index (Phi) is 4.08. The van der Waals surface area contributed by atoms with Crippen molar-refractivity contribution in [2.75, 3.05) is 0 Å². The molecule has 2 heterocycles. The van der Waals surface area contributed by atoms with Gasteiger partial charge >= 0.3 is 0 Å². The molecule has 0 saturated heterocycles. The lowest BCUT2D eigenvalue weighted by Gasteiger charge is -2.16. The second-order valence-corrected chi connectivity index (χ2v) is 6.54. The summed E-state index contributed by atoms with van der Waals surface area (Å²) in [5.74, 6) is 0.632. The van der Waals surface area contributed by atoms with Crippen LogP contribution in [-0.2, 0) is 0 Å². The highest BCUT2D eigenvalue weighted by molar-refractivity contribution is 5.79. The predicted octanol–water partition coefficient (Wildman–Crippen LogP) is 3.96. The molecule has 26 heavy (non-hydrogen) atoms. The van der Waals surface area contributed by atoms with Gasteiger partial charge in [-0.1, -0.05) is 52.7 Å². The molecular weight excluding hydrogens is 324 g/mol. The molecule has 0 aliphatic heterocycles. The number of hydrogen-bond donors (Lipinski definition) is 1. The highest BCUT2D eigenvalue weighted by atomic mass is 15.5. The topological polar surface area (TPSA) is 72.3 Å². The van der Waals surface area contributed by atoms with Gasteiger partial charge in [-0.3, -0.25) is 0 Å². The normalized spacial score (nSPS) is 12.3. The third kappa shape index (κ3) is 2.90. The van der Waals surface area contributed by atoms with Gasteiger partial charge in [-0.2, -0.15) is 5.21 Å². The van der Waals surface area contributed by atoms with Crippen molar-refractivity contribution in [3.05, 3.63) is 71.8 Å². The van der Waals surface area contributed by atoms with Gasteiger partial charge in [0.15, 0.2) is 5.82 Å². The highest BCUT2D eigenvalue weighted by Gasteiger charge is 2.21. The number of rotatable bonds is 4. The lowest BCUT2D eigenvalue weighted by Crippen LogP contribution is -2.09. The zero-order valence-electron chi connectivity index (χ0n) is 15.0. The summed E-state index contributed by atoms with van der Waals surface area (Å²) in [6, 6.07) is 16.7. The lowest BCUT2D eigenvalue weighted by molar-refractivity contribution is 0.605. The standard InChI is InChI=1S/C20H20N6/c1-13-9-14(2)11-17(10-13)19-18(16-7-5-4-6-8-16)21-12-26(19)15(3)20-22-24-25-23-20/h4-12,15H,1-3H3,(H,22,23,24,25)/t15-/m0/s1. The van der Waals surface area contributed by atoms with Crippen molar-refractivity contribution in [3.63, 3.8) is 0 Å². The summed E-state index contributed by atoms with van der Waals surface area (Å²) < 4.78 is 2.11. The Hall–Kier alpha value is -3.28. The van der Waals surface area contributed by atoms with Gasteiger partial charge in [0.1, 0.15) is 0 Å². The molecular formula is C20H20N6. The number of nitrogens with zero attached hydrogens (tertiary/aromatic N) is 5. The second-order valence-electron chi connectivity index (χ2n) is 6.54. The SMILES string of the molecule is Cc1cc(C)cc(-c2c(-c3ccccc3)ncn2[C@@H](C)c2nn[nH]n2)c1. The molecule has 0 unspecified atom stereocenters. The lowest BCUT2D eigenvalue weighted by atomic mass is 10.0. The number of aryl methyl sites for hydroxylation is 2. The Morgan fingerprint density at radius 3 is 2.35 bits per heavy atom. The van der Waals surface area contributed by atoms with Gasteiger partial charge in [-0.25, -0.2) is 4.98 Å². The first-order valence-corrected chi connectivity index (χ1v) is 8.57. The summed E-state index contributed by atoms with van der Waals surface area (Å²) in [6.07, 6.45) is 1.86. The van der Waals surface area contributed by atoms with E-state index in [1.54, 1.807) is 0 Å². The first kappa shape index (κ1) is 16.2. The fourth-order valence-corrected chi connectivity index (χ4v) is 3.33. The van der Waals surface area contributed by atoms with E-state index in [4.69, 9.17) is 4.98 Å². The van der Waals surface area contributed by atoms with E-state index in [-0.39, 0.29) is 6.04 Å².